The Balaban J connectivity index is 1.37. The van der Waals surface area contributed by atoms with Crippen molar-refractivity contribution in [1.82, 2.24) is 9.88 Å². The molecule has 0 aliphatic carbocycles. The highest BCUT2D eigenvalue weighted by Crippen LogP contribution is 2.29. The van der Waals surface area contributed by atoms with E-state index in [1.54, 1.807) is 29.2 Å². The number of anilines is 1. The van der Waals surface area contributed by atoms with E-state index >= 15 is 0 Å². The molecule has 32 heavy (non-hydrogen) atoms. The molecule has 1 aromatic heterocycles. The minimum Gasteiger partial charge on any atom is -0.491 e. The molecule has 1 saturated heterocycles. The molecule has 9 heteroatoms. The summed E-state index contributed by atoms with van der Waals surface area (Å²) in [5.41, 5.74) is 1.88. The summed E-state index contributed by atoms with van der Waals surface area (Å²) in [7, 11) is -3.84. The fourth-order valence-corrected chi connectivity index (χ4v) is 4.89. The molecule has 0 spiro atoms. The summed E-state index contributed by atoms with van der Waals surface area (Å²) in [6.45, 7) is 4.74. The van der Waals surface area contributed by atoms with Crippen LogP contribution in [0.5, 0.6) is 5.75 Å². The van der Waals surface area contributed by atoms with Gasteiger partial charge in [0.05, 0.1) is 12.0 Å². The number of carbonyl (C=O) groups excluding carboxylic acids is 1. The first-order valence-corrected chi connectivity index (χ1v) is 12.3. The SMILES string of the molecule is CC(C)Oc1ccc(NS(=O)(=O)CC(=O)N2CCCC(c3nc4ccccc4o3)C2)cc1. The molecule has 8 nitrogen and oxygen atoms in total. The van der Waals surface area contributed by atoms with Crippen LogP contribution in [-0.4, -0.2) is 49.2 Å². The predicted molar refractivity (Wildman–Crippen MR) is 122 cm³/mol. The second kappa shape index (κ2) is 9.20. The normalized spacial score (nSPS) is 17.0. The number of likely N-dealkylation sites (tertiary alicyclic amines) is 1. The van der Waals surface area contributed by atoms with Gasteiger partial charge >= 0.3 is 0 Å². The van der Waals surface area contributed by atoms with Crippen LogP contribution in [0, 0.1) is 0 Å². The van der Waals surface area contributed by atoms with Crippen LogP contribution in [0.15, 0.2) is 52.9 Å². The summed E-state index contributed by atoms with van der Waals surface area (Å²) in [4.78, 5) is 18.9. The molecule has 0 saturated carbocycles. The number of fused-ring (bicyclic) bond motifs is 1. The van der Waals surface area contributed by atoms with Crippen molar-refractivity contribution < 1.29 is 22.4 Å². The maximum Gasteiger partial charge on any atom is 0.241 e. The number of piperidine rings is 1. The predicted octanol–water partition coefficient (Wildman–Crippen LogP) is 3.76. The van der Waals surface area contributed by atoms with Crippen LogP contribution < -0.4 is 9.46 Å². The van der Waals surface area contributed by atoms with E-state index in [1.807, 2.05) is 38.1 Å². The van der Waals surface area contributed by atoms with Gasteiger partial charge in [0.1, 0.15) is 17.0 Å². The first-order valence-electron chi connectivity index (χ1n) is 10.7. The van der Waals surface area contributed by atoms with Gasteiger partial charge in [-0.2, -0.15) is 0 Å². The molecule has 1 aliphatic rings. The number of aromatic nitrogens is 1. The Morgan fingerprint density at radius 2 is 1.97 bits per heavy atom. The van der Waals surface area contributed by atoms with E-state index in [0.717, 1.165) is 18.4 Å². The maximum atomic E-state index is 12.8. The molecule has 1 unspecified atom stereocenters. The third kappa shape index (κ3) is 5.40. The molecule has 170 valence electrons. The fraction of sp³-hybridized carbons (Fsp3) is 0.391. The van der Waals surface area contributed by atoms with E-state index in [4.69, 9.17) is 9.15 Å². The van der Waals surface area contributed by atoms with Crippen molar-refractivity contribution in [3.8, 4) is 5.75 Å². The van der Waals surface area contributed by atoms with Crippen LogP contribution in [0.3, 0.4) is 0 Å². The highest BCUT2D eigenvalue weighted by atomic mass is 32.2. The van der Waals surface area contributed by atoms with Gasteiger partial charge in [0.15, 0.2) is 11.5 Å². The van der Waals surface area contributed by atoms with E-state index in [9.17, 15) is 13.2 Å². The largest absolute Gasteiger partial charge is 0.491 e. The Morgan fingerprint density at radius 3 is 2.69 bits per heavy atom. The average Bonchev–Trinajstić information content (AvgIpc) is 3.19. The number of para-hydroxylation sites is 2. The number of amides is 1. The Kier molecular flexibility index (Phi) is 6.36. The molecular weight excluding hydrogens is 430 g/mol. The Labute approximate surface area is 187 Å². The number of ether oxygens (including phenoxy) is 1. The smallest absolute Gasteiger partial charge is 0.241 e. The van der Waals surface area contributed by atoms with Gasteiger partial charge in [-0.15, -0.1) is 0 Å². The zero-order chi connectivity index (χ0) is 22.7. The summed E-state index contributed by atoms with van der Waals surface area (Å²) >= 11 is 0. The molecule has 0 radical (unpaired) electrons. The van der Waals surface area contributed by atoms with Crippen molar-refractivity contribution in [2.24, 2.45) is 0 Å². The summed E-state index contributed by atoms with van der Waals surface area (Å²) in [6, 6.07) is 14.1. The van der Waals surface area contributed by atoms with Crippen LogP contribution in [-0.2, 0) is 14.8 Å². The molecule has 1 fully saturated rings. The van der Waals surface area contributed by atoms with Crippen LogP contribution in [0.1, 0.15) is 38.5 Å². The van der Waals surface area contributed by atoms with Crippen molar-refractivity contribution in [1.29, 1.82) is 0 Å². The lowest BCUT2D eigenvalue weighted by Crippen LogP contribution is -2.42. The lowest BCUT2D eigenvalue weighted by molar-refractivity contribution is -0.129. The lowest BCUT2D eigenvalue weighted by atomic mass is 9.98. The number of nitrogens with zero attached hydrogens (tertiary/aromatic N) is 2. The maximum absolute atomic E-state index is 12.8. The van der Waals surface area contributed by atoms with Crippen LogP contribution in [0.2, 0.25) is 0 Å². The molecule has 4 rings (SSSR count). The van der Waals surface area contributed by atoms with Crippen LogP contribution in [0.4, 0.5) is 5.69 Å². The van der Waals surface area contributed by atoms with Gasteiger partial charge in [0.25, 0.3) is 0 Å². The van der Waals surface area contributed by atoms with Crippen molar-refractivity contribution >= 4 is 32.7 Å². The van der Waals surface area contributed by atoms with Gasteiger partial charge in [0, 0.05) is 18.8 Å². The molecule has 1 amide bonds. The number of hydrogen-bond acceptors (Lipinski definition) is 6. The summed E-state index contributed by atoms with van der Waals surface area (Å²) < 4.78 is 39.0. The fourth-order valence-electron chi connectivity index (χ4n) is 3.81. The van der Waals surface area contributed by atoms with Gasteiger partial charge in [-0.1, -0.05) is 12.1 Å². The van der Waals surface area contributed by atoms with Crippen molar-refractivity contribution in [3.63, 3.8) is 0 Å². The molecule has 2 aromatic carbocycles. The third-order valence-electron chi connectivity index (χ3n) is 5.25. The van der Waals surface area contributed by atoms with Crippen molar-refractivity contribution in [2.75, 3.05) is 23.6 Å². The second-order valence-corrected chi connectivity index (χ2v) is 9.97. The molecule has 0 bridgehead atoms. The molecule has 3 aromatic rings. The molecule has 1 aliphatic heterocycles. The van der Waals surface area contributed by atoms with Crippen molar-refractivity contribution in [2.45, 2.75) is 38.7 Å². The second-order valence-electron chi connectivity index (χ2n) is 8.25. The van der Waals surface area contributed by atoms with Crippen molar-refractivity contribution in [3.05, 3.63) is 54.4 Å². The van der Waals surface area contributed by atoms with Gasteiger partial charge in [-0.3, -0.25) is 9.52 Å². The topological polar surface area (TPSA) is 102 Å². The number of benzene rings is 2. The first-order chi connectivity index (χ1) is 15.3. The lowest BCUT2D eigenvalue weighted by Gasteiger charge is -2.31. The van der Waals surface area contributed by atoms with Gasteiger partial charge in [-0.05, 0) is 63.1 Å². The van der Waals surface area contributed by atoms with Crippen LogP contribution >= 0.6 is 0 Å². The number of hydrogen-bond donors (Lipinski definition) is 1. The Hall–Kier alpha value is -3.07. The molecule has 1 atom stereocenters. The quantitative estimate of drug-likeness (QED) is 0.580. The third-order valence-corrected chi connectivity index (χ3v) is 6.42. The summed E-state index contributed by atoms with van der Waals surface area (Å²) in [5, 5.41) is 0. The number of rotatable bonds is 7. The number of oxazole rings is 1. The Bertz CT molecular complexity index is 1150. The Morgan fingerprint density at radius 1 is 1.22 bits per heavy atom. The average molecular weight is 458 g/mol. The highest BCUT2D eigenvalue weighted by molar-refractivity contribution is 7.93. The number of nitrogens with one attached hydrogen (secondary N) is 1. The standard InChI is InChI=1S/C23H27N3O5S/c1-16(2)30-19-11-9-18(10-12-19)25-32(28,29)15-22(27)26-13-5-6-17(14-26)23-24-20-7-3-4-8-21(20)31-23/h3-4,7-12,16-17,25H,5-6,13-15H2,1-2H3. The van der Waals surface area contributed by atoms with Crippen LogP contribution in [0.25, 0.3) is 11.1 Å². The summed E-state index contributed by atoms with van der Waals surface area (Å²) in [5.74, 6) is 0.144. The van der Waals surface area contributed by atoms with E-state index in [0.29, 0.717) is 36.0 Å². The minimum atomic E-state index is -3.84. The first kappa shape index (κ1) is 22.1. The monoisotopic (exact) mass is 457 g/mol. The van der Waals surface area contributed by atoms with E-state index in [2.05, 4.69) is 9.71 Å². The highest BCUT2D eigenvalue weighted by Gasteiger charge is 2.30. The van der Waals surface area contributed by atoms with E-state index in [1.165, 1.54) is 0 Å². The van der Waals surface area contributed by atoms with E-state index < -0.39 is 21.7 Å². The van der Waals surface area contributed by atoms with Gasteiger partial charge < -0.3 is 14.1 Å². The summed E-state index contributed by atoms with van der Waals surface area (Å²) in [6.07, 6.45) is 1.63. The van der Waals surface area contributed by atoms with Gasteiger partial charge in [-0.25, -0.2) is 13.4 Å². The van der Waals surface area contributed by atoms with E-state index in [-0.39, 0.29) is 12.0 Å². The minimum absolute atomic E-state index is 0.0262. The zero-order valence-corrected chi connectivity index (χ0v) is 19.0. The number of sulfonamides is 1. The zero-order valence-electron chi connectivity index (χ0n) is 18.2. The molecular formula is C23H27N3O5S. The van der Waals surface area contributed by atoms with Gasteiger partial charge in [0.2, 0.25) is 15.9 Å². The number of carbonyl (C=O) groups is 1. The molecule has 1 N–H and O–H groups in total. The molecule has 2 heterocycles.